The van der Waals surface area contributed by atoms with Gasteiger partial charge in [-0.1, -0.05) is 36.4 Å². The van der Waals surface area contributed by atoms with E-state index in [1.807, 2.05) is 59.5 Å². The molecule has 4 heteroatoms. The number of benzene rings is 3. The number of hydrogen-bond acceptors (Lipinski definition) is 3. The second kappa shape index (κ2) is 10.0. The van der Waals surface area contributed by atoms with Gasteiger partial charge in [-0.05, 0) is 79.8 Å². The van der Waals surface area contributed by atoms with Crippen molar-refractivity contribution in [1.29, 1.82) is 0 Å². The largest absolute Gasteiger partial charge is 0.497 e. The summed E-state index contributed by atoms with van der Waals surface area (Å²) in [6, 6.07) is 24.4. The Morgan fingerprint density at radius 2 is 1.62 bits per heavy atom. The number of ether oxygens (including phenoxy) is 1. The molecule has 0 aliphatic carbocycles. The number of rotatable bonds is 6. The fourth-order valence-electron chi connectivity index (χ4n) is 4.45. The molecule has 4 nitrogen and oxygen atoms in total. The topological polar surface area (TPSA) is 32.8 Å². The molecular formula is C28H32N2O2. The minimum Gasteiger partial charge on any atom is -0.497 e. The zero-order chi connectivity index (χ0) is 22.5. The van der Waals surface area contributed by atoms with Gasteiger partial charge in [0.15, 0.2) is 0 Å². The van der Waals surface area contributed by atoms with Gasteiger partial charge in [0.05, 0.1) is 7.11 Å². The van der Waals surface area contributed by atoms with Crippen molar-refractivity contribution in [2.75, 3.05) is 25.1 Å². The molecule has 0 saturated carbocycles. The quantitative estimate of drug-likeness (QED) is 0.511. The summed E-state index contributed by atoms with van der Waals surface area (Å²) in [5.74, 6) is 0.805. The Kier molecular flexibility index (Phi) is 6.91. The number of anilines is 1. The van der Waals surface area contributed by atoms with Crippen LogP contribution in [0.3, 0.4) is 0 Å². The highest BCUT2D eigenvalue weighted by molar-refractivity contribution is 6.06. The molecule has 166 valence electrons. The van der Waals surface area contributed by atoms with E-state index >= 15 is 0 Å². The van der Waals surface area contributed by atoms with Crippen molar-refractivity contribution in [1.82, 2.24) is 4.90 Å². The number of carbonyl (C=O) groups is 1. The molecule has 32 heavy (non-hydrogen) atoms. The minimum atomic E-state index is 0.0477. The Morgan fingerprint density at radius 3 is 2.25 bits per heavy atom. The predicted molar refractivity (Wildman–Crippen MR) is 130 cm³/mol. The molecule has 1 heterocycles. The molecule has 3 aromatic carbocycles. The molecule has 1 aliphatic heterocycles. The molecule has 0 atom stereocenters. The molecule has 1 amide bonds. The third kappa shape index (κ3) is 5.03. The van der Waals surface area contributed by atoms with Crippen LogP contribution < -0.4 is 9.64 Å². The highest BCUT2D eigenvalue weighted by atomic mass is 16.5. The lowest BCUT2D eigenvalue weighted by molar-refractivity contribution is 0.0958. The smallest absolute Gasteiger partial charge is 0.258 e. The first-order valence-corrected chi connectivity index (χ1v) is 11.4. The molecule has 1 saturated heterocycles. The maximum atomic E-state index is 13.6. The molecule has 0 bridgehead atoms. The second-order valence-corrected chi connectivity index (χ2v) is 8.67. The van der Waals surface area contributed by atoms with Gasteiger partial charge in [0.1, 0.15) is 5.75 Å². The van der Waals surface area contributed by atoms with E-state index in [-0.39, 0.29) is 11.9 Å². The molecule has 3 aromatic rings. The number of methoxy groups -OCH3 is 1. The van der Waals surface area contributed by atoms with Crippen LogP contribution in [0, 0.1) is 13.8 Å². The van der Waals surface area contributed by atoms with Gasteiger partial charge in [0, 0.05) is 36.9 Å². The van der Waals surface area contributed by atoms with Crippen LogP contribution in [0.2, 0.25) is 0 Å². The monoisotopic (exact) mass is 428 g/mol. The number of aryl methyl sites for hydroxylation is 2. The van der Waals surface area contributed by atoms with Gasteiger partial charge in [-0.15, -0.1) is 0 Å². The normalized spacial score (nSPS) is 14.8. The maximum absolute atomic E-state index is 13.6. The van der Waals surface area contributed by atoms with E-state index < -0.39 is 0 Å². The summed E-state index contributed by atoms with van der Waals surface area (Å²) in [7, 11) is 1.64. The van der Waals surface area contributed by atoms with Gasteiger partial charge in [-0.25, -0.2) is 0 Å². The van der Waals surface area contributed by atoms with E-state index in [0.29, 0.717) is 5.56 Å². The molecule has 4 rings (SSSR count). The summed E-state index contributed by atoms with van der Waals surface area (Å²) in [6.45, 7) is 7.26. The zero-order valence-corrected chi connectivity index (χ0v) is 19.3. The van der Waals surface area contributed by atoms with Crippen molar-refractivity contribution in [3.05, 3.63) is 95.1 Å². The van der Waals surface area contributed by atoms with E-state index in [1.165, 1.54) is 16.7 Å². The Bertz CT molecular complexity index is 1040. The Hall–Kier alpha value is -3.11. The Balaban J connectivity index is 1.48. The predicted octanol–water partition coefficient (Wildman–Crippen LogP) is 5.62. The van der Waals surface area contributed by atoms with Crippen LogP contribution in [0.5, 0.6) is 5.75 Å². The molecule has 0 N–H and O–H groups in total. The molecule has 1 aliphatic rings. The van der Waals surface area contributed by atoms with Gasteiger partial charge in [0.2, 0.25) is 0 Å². The van der Waals surface area contributed by atoms with Gasteiger partial charge in [-0.3, -0.25) is 9.69 Å². The summed E-state index contributed by atoms with van der Waals surface area (Å²) < 4.78 is 5.25. The van der Waals surface area contributed by atoms with Crippen molar-refractivity contribution in [3.8, 4) is 5.75 Å². The van der Waals surface area contributed by atoms with E-state index in [4.69, 9.17) is 4.74 Å². The van der Waals surface area contributed by atoms with Crippen molar-refractivity contribution in [3.63, 3.8) is 0 Å². The first kappa shape index (κ1) is 22.1. The second-order valence-electron chi connectivity index (χ2n) is 8.67. The number of hydrogen-bond donors (Lipinski definition) is 0. The fraction of sp³-hybridized carbons (Fsp3) is 0.321. The average molecular weight is 429 g/mol. The standard InChI is InChI=1S/C28H32N2O2/c1-21-9-10-23(19-22(21)2)20-29-17-15-26(16-18-29)30(25-7-5-4-6-8-25)28(31)24-11-13-27(32-3)14-12-24/h4-14,19,26H,15-18,20H2,1-3H3. The van der Waals surface area contributed by atoms with E-state index in [0.717, 1.165) is 43.9 Å². The minimum absolute atomic E-state index is 0.0477. The lowest BCUT2D eigenvalue weighted by atomic mass is 9.99. The first-order valence-electron chi connectivity index (χ1n) is 11.4. The number of carbonyl (C=O) groups excluding carboxylic acids is 1. The van der Waals surface area contributed by atoms with Crippen molar-refractivity contribution in [2.45, 2.75) is 39.3 Å². The van der Waals surface area contributed by atoms with Crippen molar-refractivity contribution >= 4 is 11.6 Å². The zero-order valence-electron chi connectivity index (χ0n) is 19.3. The van der Waals surface area contributed by atoms with Crippen LogP contribution in [0.15, 0.2) is 72.8 Å². The van der Waals surface area contributed by atoms with Crippen LogP contribution in [-0.4, -0.2) is 37.0 Å². The number of nitrogens with zero attached hydrogens (tertiary/aromatic N) is 2. The lowest BCUT2D eigenvalue weighted by Gasteiger charge is -2.38. The van der Waals surface area contributed by atoms with Crippen molar-refractivity contribution in [2.24, 2.45) is 0 Å². The van der Waals surface area contributed by atoms with Crippen molar-refractivity contribution < 1.29 is 9.53 Å². The summed E-state index contributed by atoms with van der Waals surface area (Å²) in [4.78, 5) is 18.1. The maximum Gasteiger partial charge on any atom is 0.258 e. The molecule has 0 aromatic heterocycles. The highest BCUT2D eigenvalue weighted by Gasteiger charge is 2.30. The van der Waals surface area contributed by atoms with Gasteiger partial charge < -0.3 is 9.64 Å². The van der Waals surface area contributed by atoms with Gasteiger partial charge in [0.25, 0.3) is 5.91 Å². The molecule has 0 radical (unpaired) electrons. The number of piperidine rings is 1. The molecule has 0 spiro atoms. The van der Waals surface area contributed by atoms with E-state index in [9.17, 15) is 4.79 Å². The van der Waals surface area contributed by atoms with E-state index in [2.05, 4.69) is 36.9 Å². The summed E-state index contributed by atoms with van der Waals surface area (Å²) >= 11 is 0. The fourth-order valence-corrected chi connectivity index (χ4v) is 4.45. The van der Waals surface area contributed by atoms with Gasteiger partial charge in [-0.2, -0.15) is 0 Å². The van der Waals surface area contributed by atoms with Crippen LogP contribution in [0.4, 0.5) is 5.69 Å². The Morgan fingerprint density at radius 1 is 0.938 bits per heavy atom. The lowest BCUT2D eigenvalue weighted by Crippen LogP contribution is -2.47. The Labute approximate surface area is 191 Å². The van der Waals surface area contributed by atoms with Crippen LogP contribution in [0.25, 0.3) is 0 Å². The molecule has 1 fully saturated rings. The van der Waals surface area contributed by atoms with Crippen LogP contribution in [-0.2, 0) is 6.54 Å². The van der Waals surface area contributed by atoms with E-state index in [1.54, 1.807) is 7.11 Å². The number of amides is 1. The van der Waals surface area contributed by atoms with Gasteiger partial charge >= 0.3 is 0 Å². The highest BCUT2D eigenvalue weighted by Crippen LogP contribution is 2.27. The van der Waals surface area contributed by atoms with Crippen LogP contribution >= 0.6 is 0 Å². The molecule has 0 unspecified atom stereocenters. The summed E-state index contributed by atoms with van der Waals surface area (Å²) in [5.41, 5.74) is 5.69. The first-order chi connectivity index (χ1) is 15.5. The SMILES string of the molecule is COc1ccc(C(=O)N(c2ccccc2)C2CCN(Cc3ccc(C)c(C)c3)CC2)cc1. The summed E-state index contributed by atoms with van der Waals surface area (Å²) in [6.07, 6.45) is 1.92. The molecular weight excluding hydrogens is 396 g/mol. The average Bonchev–Trinajstić information content (AvgIpc) is 2.83. The third-order valence-corrected chi connectivity index (χ3v) is 6.49. The van der Waals surface area contributed by atoms with Crippen LogP contribution in [0.1, 0.15) is 39.9 Å². The number of para-hydroxylation sites is 1. The summed E-state index contributed by atoms with van der Waals surface area (Å²) in [5, 5.41) is 0. The third-order valence-electron chi connectivity index (χ3n) is 6.49. The number of likely N-dealkylation sites (tertiary alicyclic amines) is 1.